The lowest BCUT2D eigenvalue weighted by Crippen LogP contribution is -2.55. The van der Waals surface area contributed by atoms with Crippen molar-refractivity contribution in [3.63, 3.8) is 0 Å². The fourth-order valence-electron chi connectivity index (χ4n) is 5.63. The average Bonchev–Trinajstić information content (AvgIpc) is 3.41. The molecule has 1 N–H and O–H groups in total. The Hall–Kier alpha value is -1.32. The second-order valence-electron chi connectivity index (χ2n) is 9.30. The minimum absolute atomic E-state index is 0.0175. The highest BCUT2D eigenvalue weighted by Crippen LogP contribution is 2.68. The highest BCUT2D eigenvalue weighted by atomic mass is 79.9. The lowest BCUT2D eigenvalue weighted by molar-refractivity contribution is -0.154. The molecular formula is C25H37BrN2O5S. The molecule has 0 saturated carbocycles. The largest absolute Gasteiger partial charge is 0.465 e. The fraction of sp³-hybridized carbons (Fsp3) is 0.720. The number of alkyl halides is 1. The minimum atomic E-state index is -0.682. The van der Waals surface area contributed by atoms with Crippen LogP contribution in [0, 0.1) is 11.8 Å². The molecular weight excluding hydrogens is 520 g/mol. The average molecular weight is 558 g/mol. The second kappa shape index (κ2) is 12.1. The molecule has 0 aromatic heterocycles. The smallest absolute Gasteiger partial charge is 0.310 e. The topological polar surface area (TPSA) is 87.1 Å². The Balaban J connectivity index is 1.94. The monoisotopic (exact) mass is 556 g/mol. The maximum atomic E-state index is 14.0. The van der Waals surface area contributed by atoms with Gasteiger partial charge >= 0.3 is 5.97 Å². The van der Waals surface area contributed by atoms with E-state index in [0.29, 0.717) is 45.5 Å². The zero-order valence-electron chi connectivity index (χ0n) is 20.0. The molecule has 1 spiro atoms. The highest BCUT2D eigenvalue weighted by Gasteiger charge is 2.76. The summed E-state index contributed by atoms with van der Waals surface area (Å²) >= 11 is 5.37. The van der Waals surface area contributed by atoms with Crippen LogP contribution < -0.4 is 0 Å². The van der Waals surface area contributed by atoms with Crippen LogP contribution in [0.4, 0.5) is 0 Å². The third-order valence-electron chi connectivity index (χ3n) is 7.09. The summed E-state index contributed by atoms with van der Waals surface area (Å²) in [6.07, 6.45) is 7.79. The predicted molar refractivity (Wildman–Crippen MR) is 138 cm³/mol. The van der Waals surface area contributed by atoms with Gasteiger partial charge in [-0.15, -0.1) is 24.9 Å². The van der Waals surface area contributed by atoms with Crippen LogP contribution in [0.15, 0.2) is 25.3 Å². The van der Waals surface area contributed by atoms with E-state index in [9.17, 15) is 19.5 Å². The van der Waals surface area contributed by atoms with Crippen molar-refractivity contribution < 1.29 is 24.2 Å². The normalized spacial score (nSPS) is 31.4. The Labute approximate surface area is 215 Å². The molecule has 3 heterocycles. The summed E-state index contributed by atoms with van der Waals surface area (Å²) in [6, 6.07) is -0.665. The number of esters is 1. The molecule has 3 rings (SSSR count). The first-order valence-electron chi connectivity index (χ1n) is 12.3. The number of aliphatic hydroxyl groups excluding tert-OH is 1. The number of fused-ring (bicyclic) bond motifs is 1. The molecule has 3 unspecified atom stereocenters. The van der Waals surface area contributed by atoms with E-state index in [-0.39, 0.29) is 34.5 Å². The van der Waals surface area contributed by atoms with E-state index in [2.05, 4.69) is 36.0 Å². The molecule has 2 bridgehead atoms. The summed E-state index contributed by atoms with van der Waals surface area (Å²) in [7, 11) is 0. The van der Waals surface area contributed by atoms with Crippen molar-refractivity contribution >= 4 is 45.5 Å². The summed E-state index contributed by atoms with van der Waals surface area (Å²) in [6.45, 7) is 11.1. The van der Waals surface area contributed by atoms with Crippen LogP contribution >= 0.6 is 27.7 Å². The summed E-state index contributed by atoms with van der Waals surface area (Å²) in [5.41, 5.74) is 0. The second-order valence-corrected chi connectivity index (χ2v) is 12.0. The number of hydrogen-bond donors (Lipinski definition) is 1. The van der Waals surface area contributed by atoms with Crippen LogP contribution in [0.5, 0.6) is 0 Å². The maximum Gasteiger partial charge on any atom is 0.310 e. The first-order chi connectivity index (χ1) is 16.4. The molecule has 34 heavy (non-hydrogen) atoms. The van der Waals surface area contributed by atoms with Gasteiger partial charge in [-0.2, -0.15) is 0 Å². The number of unbranched alkanes of at least 4 members (excludes halogenated alkanes) is 2. The van der Waals surface area contributed by atoms with Crippen molar-refractivity contribution in [2.24, 2.45) is 11.8 Å². The van der Waals surface area contributed by atoms with Gasteiger partial charge in [-0.05, 0) is 32.1 Å². The Morgan fingerprint density at radius 3 is 2.74 bits per heavy atom. The molecule has 0 radical (unpaired) electrons. The van der Waals surface area contributed by atoms with E-state index in [0.717, 1.165) is 19.3 Å². The van der Waals surface area contributed by atoms with Crippen LogP contribution in [0.3, 0.4) is 0 Å². The predicted octanol–water partition coefficient (Wildman–Crippen LogP) is 3.16. The summed E-state index contributed by atoms with van der Waals surface area (Å²) < 4.78 is 4.91. The van der Waals surface area contributed by atoms with Gasteiger partial charge in [0.15, 0.2) is 0 Å². The van der Waals surface area contributed by atoms with Gasteiger partial charge in [-0.25, -0.2) is 0 Å². The summed E-state index contributed by atoms with van der Waals surface area (Å²) in [4.78, 5) is 44.4. The van der Waals surface area contributed by atoms with Gasteiger partial charge < -0.3 is 19.6 Å². The lowest BCUT2D eigenvalue weighted by atomic mass is 9.71. The molecule has 7 nitrogen and oxygen atoms in total. The van der Waals surface area contributed by atoms with E-state index in [1.165, 1.54) is 0 Å². The Bertz CT molecular complexity index is 795. The third-order valence-corrected chi connectivity index (χ3v) is 10.3. The van der Waals surface area contributed by atoms with Gasteiger partial charge in [0.1, 0.15) is 6.04 Å². The van der Waals surface area contributed by atoms with Crippen LogP contribution in [-0.2, 0) is 19.1 Å². The number of aliphatic hydroxyl groups is 1. The molecule has 0 aromatic rings. The molecule has 3 aliphatic rings. The van der Waals surface area contributed by atoms with Gasteiger partial charge in [0, 0.05) is 36.3 Å². The molecule has 3 fully saturated rings. The van der Waals surface area contributed by atoms with Crippen LogP contribution in [0.25, 0.3) is 0 Å². The molecule has 0 aliphatic carbocycles. The van der Waals surface area contributed by atoms with E-state index in [4.69, 9.17) is 4.74 Å². The number of carbonyl (C=O) groups excluding carboxylic acids is 3. The third kappa shape index (κ3) is 4.98. The quantitative estimate of drug-likeness (QED) is 0.153. The number of allylic oxidation sites excluding steroid dienone is 1. The van der Waals surface area contributed by atoms with Crippen molar-refractivity contribution in [3.8, 4) is 0 Å². The van der Waals surface area contributed by atoms with Gasteiger partial charge in [0.25, 0.3) is 0 Å². The molecule has 0 aromatic carbocycles. The molecule has 190 valence electrons. The number of halogens is 1. The van der Waals surface area contributed by atoms with Gasteiger partial charge in [-0.1, -0.05) is 41.4 Å². The summed E-state index contributed by atoms with van der Waals surface area (Å²) in [5.74, 6) is -1.78. The molecule has 9 heteroatoms. The Morgan fingerprint density at radius 2 is 2.09 bits per heavy atom. The number of rotatable bonds is 14. The zero-order valence-corrected chi connectivity index (χ0v) is 22.4. The molecule has 6 atom stereocenters. The maximum absolute atomic E-state index is 14.0. The first-order valence-corrected chi connectivity index (χ1v) is 14.1. The highest BCUT2D eigenvalue weighted by molar-refractivity contribution is 9.09. The number of carbonyl (C=O) groups is 3. The van der Waals surface area contributed by atoms with E-state index >= 15 is 0 Å². The van der Waals surface area contributed by atoms with E-state index in [1.807, 2.05) is 0 Å². The first kappa shape index (κ1) is 27.3. The van der Waals surface area contributed by atoms with Gasteiger partial charge in [-0.3, -0.25) is 14.4 Å². The van der Waals surface area contributed by atoms with Crippen molar-refractivity contribution in [1.29, 1.82) is 0 Å². The molecule has 3 aliphatic heterocycles. The lowest BCUT2D eigenvalue weighted by Gasteiger charge is -2.37. The zero-order chi connectivity index (χ0) is 24.9. The van der Waals surface area contributed by atoms with Gasteiger partial charge in [0.05, 0.1) is 23.2 Å². The number of hydrogen-bond acceptors (Lipinski definition) is 6. The number of thioether (sulfide) groups is 1. The molecule has 2 amide bonds. The van der Waals surface area contributed by atoms with Crippen LogP contribution in [0.1, 0.15) is 45.4 Å². The minimum Gasteiger partial charge on any atom is -0.465 e. The number of amides is 2. The van der Waals surface area contributed by atoms with Crippen molar-refractivity contribution in [1.82, 2.24) is 9.80 Å². The van der Waals surface area contributed by atoms with Gasteiger partial charge in [0.2, 0.25) is 11.8 Å². The Morgan fingerprint density at radius 1 is 1.32 bits per heavy atom. The summed E-state index contributed by atoms with van der Waals surface area (Å²) in [5, 5.41) is 9.35. The van der Waals surface area contributed by atoms with Crippen molar-refractivity contribution in [3.05, 3.63) is 25.3 Å². The van der Waals surface area contributed by atoms with E-state index < -0.39 is 22.6 Å². The van der Waals surface area contributed by atoms with Crippen molar-refractivity contribution in [2.75, 3.05) is 32.8 Å². The Kier molecular flexibility index (Phi) is 9.69. The standard InChI is InChI=1S/C25H37BrN2O5S/c1-4-7-9-15-33-24(32)18-19-22(30)28(13-10-14-29)21(25(19)16-17(26)20(18)34-25)23(31)27(11-6-3)12-8-5-2/h4,6,17-21,29H,1,3,5,7-16H2,2H3/t17?,18-,19-,20-,21?,25?/m0/s1. The number of likely N-dealkylation sites (tertiary alicyclic amines) is 1. The van der Waals surface area contributed by atoms with Crippen molar-refractivity contribution in [2.45, 2.75) is 66.3 Å². The van der Waals surface area contributed by atoms with E-state index in [1.54, 1.807) is 33.7 Å². The van der Waals surface area contributed by atoms with Crippen LogP contribution in [-0.4, -0.2) is 86.4 Å². The fourth-order valence-corrected chi connectivity index (χ4v) is 9.22. The number of ether oxygens (including phenoxy) is 1. The SMILES string of the molecule is C=CCCCOC(=O)[C@H]1[C@H]2C(=O)N(CCCO)C(C(=O)N(CC=C)CCCC)C23CC(Br)[C@@H]1S3. The number of nitrogens with zero attached hydrogens (tertiary/aromatic N) is 2. The molecule has 3 saturated heterocycles. The van der Waals surface area contributed by atoms with Crippen LogP contribution in [0.2, 0.25) is 0 Å².